The van der Waals surface area contributed by atoms with Gasteiger partial charge in [0.05, 0.1) is 16.8 Å². The molecule has 218 valence electrons. The lowest BCUT2D eigenvalue weighted by Crippen LogP contribution is -2.22. The zero-order valence-corrected chi connectivity index (χ0v) is 23.9. The Morgan fingerprint density at radius 1 is 1.17 bits per heavy atom. The van der Waals surface area contributed by atoms with Crippen LogP contribution in [-0.4, -0.2) is 65.8 Å². The van der Waals surface area contributed by atoms with Crippen molar-refractivity contribution in [3.8, 4) is 11.5 Å². The van der Waals surface area contributed by atoms with Crippen LogP contribution in [0.25, 0.3) is 0 Å². The monoisotopic (exact) mass is 583 g/mol. The first-order valence-corrected chi connectivity index (χ1v) is 13.9. The van der Waals surface area contributed by atoms with Crippen LogP contribution in [0.1, 0.15) is 43.1 Å². The Morgan fingerprint density at radius 2 is 1.90 bits per heavy atom. The van der Waals surface area contributed by atoms with Crippen LogP contribution in [0.2, 0.25) is 5.02 Å². The summed E-state index contributed by atoms with van der Waals surface area (Å²) in [6.07, 6.45) is 6.67. The highest BCUT2D eigenvalue weighted by molar-refractivity contribution is 6.33. The number of hydrogen-bond acceptors (Lipinski definition) is 9. The number of rotatable bonds is 7. The van der Waals surface area contributed by atoms with Gasteiger partial charge in [-0.2, -0.15) is 0 Å². The molecule has 4 rings (SSSR count). The summed E-state index contributed by atoms with van der Waals surface area (Å²) in [6, 6.07) is 8.49. The van der Waals surface area contributed by atoms with Crippen molar-refractivity contribution in [3.05, 3.63) is 70.8 Å². The molecule has 2 aliphatic rings. The molecule has 11 heteroatoms. The van der Waals surface area contributed by atoms with Gasteiger partial charge in [-0.3, -0.25) is 4.79 Å². The number of epoxide rings is 1. The minimum Gasteiger partial charge on any atom is -0.507 e. The molecule has 0 bridgehead atoms. The van der Waals surface area contributed by atoms with E-state index in [9.17, 15) is 19.8 Å². The number of carbonyl (C=O) groups excluding carboxylic acids is 2. The highest BCUT2D eigenvalue weighted by atomic mass is 35.5. The predicted molar refractivity (Wildman–Crippen MR) is 157 cm³/mol. The summed E-state index contributed by atoms with van der Waals surface area (Å²) in [5.74, 6) is -2.11. The standard InChI is InChI=1S/C30H34ClN3O7/c1-4-34(5-2)21-12-10-19(11-13-21)32-27(37)17-39-33-20-8-6-7-9-25-26(41-25)14-18(3)40-30(38)28-22(15-20)29(31)24(36)16-23(28)35/h6-13,16,18,25-26,35-36H,4-5,14-15,17H2,1-3H3,(H,32,37)/b8-6+,9-7+,33-20+/t18-,25-,26-/m1/s1. The summed E-state index contributed by atoms with van der Waals surface area (Å²) in [5.41, 5.74) is 1.86. The highest BCUT2D eigenvalue weighted by Crippen LogP contribution is 2.38. The first kappa shape index (κ1) is 30.0. The van der Waals surface area contributed by atoms with Gasteiger partial charge in [0.15, 0.2) is 6.61 Å². The molecule has 0 radical (unpaired) electrons. The van der Waals surface area contributed by atoms with Crippen LogP contribution >= 0.6 is 11.6 Å². The average molecular weight is 584 g/mol. The first-order valence-electron chi connectivity index (χ1n) is 13.5. The van der Waals surface area contributed by atoms with Crippen LogP contribution in [-0.2, 0) is 25.5 Å². The third-order valence-electron chi connectivity index (χ3n) is 6.74. The molecule has 0 aromatic heterocycles. The van der Waals surface area contributed by atoms with Gasteiger partial charge in [0.2, 0.25) is 0 Å². The molecule has 3 atom stereocenters. The quantitative estimate of drug-likeness (QED) is 0.236. The molecule has 2 heterocycles. The Hall–Kier alpha value is -4.02. The number of hydrogen-bond donors (Lipinski definition) is 3. The first-order chi connectivity index (χ1) is 19.7. The summed E-state index contributed by atoms with van der Waals surface area (Å²) < 4.78 is 11.1. The maximum absolute atomic E-state index is 13.0. The van der Waals surface area contributed by atoms with Crippen LogP contribution in [0.3, 0.4) is 0 Å². The molecular weight excluding hydrogens is 550 g/mol. The van der Waals surface area contributed by atoms with Crippen LogP contribution in [0.15, 0.2) is 59.8 Å². The normalized spacial score (nSPS) is 22.9. The van der Waals surface area contributed by atoms with E-state index >= 15 is 0 Å². The molecular formula is C30H34ClN3O7. The lowest BCUT2D eigenvalue weighted by Gasteiger charge is -2.21. The van der Waals surface area contributed by atoms with E-state index in [-0.39, 0.29) is 47.1 Å². The number of nitrogens with zero attached hydrogens (tertiary/aromatic N) is 2. The van der Waals surface area contributed by atoms with Gasteiger partial charge < -0.3 is 34.7 Å². The Labute approximate surface area is 243 Å². The number of cyclic esters (lactones) is 1. The van der Waals surface area contributed by atoms with Crippen LogP contribution < -0.4 is 10.2 Å². The van der Waals surface area contributed by atoms with Crippen molar-refractivity contribution in [2.45, 2.75) is 51.9 Å². The number of esters is 1. The highest BCUT2D eigenvalue weighted by Gasteiger charge is 2.38. The maximum atomic E-state index is 13.0. The average Bonchev–Trinajstić information content (AvgIpc) is 3.67. The number of halogens is 1. The van der Waals surface area contributed by atoms with Crippen LogP contribution in [0.4, 0.5) is 11.4 Å². The second-order valence-corrected chi connectivity index (χ2v) is 10.1. The van der Waals surface area contributed by atoms with Gasteiger partial charge in [-0.15, -0.1) is 0 Å². The molecule has 10 nitrogen and oxygen atoms in total. The van der Waals surface area contributed by atoms with E-state index in [1.165, 1.54) is 0 Å². The lowest BCUT2D eigenvalue weighted by atomic mass is 9.99. The summed E-state index contributed by atoms with van der Waals surface area (Å²) >= 11 is 6.37. The summed E-state index contributed by atoms with van der Waals surface area (Å²) in [7, 11) is 0. The number of fused-ring (bicyclic) bond motifs is 2. The number of anilines is 2. The number of phenolic OH excluding ortho intramolecular Hbond substituents is 2. The van der Waals surface area contributed by atoms with Crippen molar-refractivity contribution in [3.63, 3.8) is 0 Å². The number of phenols is 2. The maximum Gasteiger partial charge on any atom is 0.342 e. The molecule has 0 aliphatic carbocycles. The van der Waals surface area contributed by atoms with Crippen molar-refractivity contribution in [2.24, 2.45) is 5.16 Å². The van der Waals surface area contributed by atoms with Crippen LogP contribution in [0.5, 0.6) is 11.5 Å². The van der Waals surface area contributed by atoms with Gasteiger partial charge in [-0.25, -0.2) is 4.79 Å². The molecule has 0 unspecified atom stereocenters. The number of ether oxygens (including phenoxy) is 2. The lowest BCUT2D eigenvalue weighted by molar-refractivity contribution is -0.120. The van der Waals surface area contributed by atoms with Crippen molar-refractivity contribution in [1.29, 1.82) is 0 Å². The Kier molecular flexibility index (Phi) is 9.91. The van der Waals surface area contributed by atoms with E-state index in [0.29, 0.717) is 12.1 Å². The second-order valence-electron chi connectivity index (χ2n) is 9.72. The molecule has 0 saturated carbocycles. The summed E-state index contributed by atoms with van der Waals surface area (Å²) in [5, 5.41) is 27.5. The summed E-state index contributed by atoms with van der Waals surface area (Å²) in [4.78, 5) is 33.1. The van der Waals surface area contributed by atoms with Gasteiger partial charge in [0.1, 0.15) is 29.3 Å². The Morgan fingerprint density at radius 3 is 2.61 bits per heavy atom. The van der Waals surface area contributed by atoms with E-state index in [4.69, 9.17) is 25.9 Å². The molecule has 2 aliphatic heterocycles. The van der Waals surface area contributed by atoms with Crippen molar-refractivity contribution < 1.29 is 34.1 Å². The molecule has 1 amide bonds. The van der Waals surface area contributed by atoms with E-state index < -0.39 is 29.5 Å². The Balaban J connectivity index is 1.52. The molecule has 1 saturated heterocycles. The SMILES string of the molecule is CCN(CC)c1ccc(NC(=O)CO\N=C2/C=C/C=C/[C@H]3O[C@@H]3C[C@@H](C)OC(=O)c3c(O)cc(O)c(Cl)c3C2)cc1. The molecule has 1 fully saturated rings. The van der Waals surface area contributed by atoms with E-state index in [0.717, 1.165) is 24.8 Å². The van der Waals surface area contributed by atoms with Crippen molar-refractivity contribution in [1.82, 2.24) is 0 Å². The fourth-order valence-electron chi connectivity index (χ4n) is 4.57. The minimum absolute atomic E-state index is 0.0923. The molecule has 0 spiro atoms. The van der Waals surface area contributed by atoms with E-state index in [1.54, 1.807) is 25.2 Å². The number of amides is 1. The zero-order chi connectivity index (χ0) is 29.5. The van der Waals surface area contributed by atoms with Gasteiger partial charge >= 0.3 is 5.97 Å². The molecule has 41 heavy (non-hydrogen) atoms. The molecule has 2 aromatic rings. The third kappa shape index (κ3) is 7.80. The van der Waals surface area contributed by atoms with E-state index in [1.807, 2.05) is 30.3 Å². The number of carbonyl (C=O) groups is 2. The smallest absolute Gasteiger partial charge is 0.342 e. The number of aromatic hydroxyl groups is 2. The fourth-order valence-corrected chi connectivity index (χ4v) is 4.78. The Bertz CT molecular complexity index is 1350. The zero-order valence-electron chi connectivity index (χ0n) is 23.2. The number of benzene rings is 2. The van der Waals surface area contributed by atoms with Gasteiger partial charge in [-0.1, -0.05) is 35.0 Å². The molecule has 2 aromatic carbocycles. The van der Waals surface area contributed by atoms with Crippen LogP contribution in [0, 0.1) is 0 Å². The van der Waals surface area contributed by atoms with Crippen molar-refractivity contribution >= 4 is 40.6 Å². The largest absolute Gasteiger partial charge is 0.507 e. The summed E-state index contributed by atoms with van der Waals surface area (Å²) in [6.45, 7) is 7.27. The number of oxime groups is 1. The second kappa shape index (κ2) is 13.6. The van der Waals surface area contributed by atoms with Gasteiger partial charge in [0, 0.05) is 43.4 Å². The van der Waals surface area contributed by atoms with E-state index in [2.05, 4.69) is 29.2 Å². The van der Waals surface area contributed by atoms with Gasteiger partial charge in [-0.05, 0) is 56.7 Å². The minimum atomic E-state index is -0.799. The predicted octanol–water partition coefficient (Wildman–Crippen LogP) is 4.98. The fraction of sp³-hybridized carbons (Fsp3) is 0.367. The van der Waals surface area contributed by atoms with Crippen molar-refractivity contribution in [2.75, 3.05) is 29.9 Å². The molecule has 3 N–H and O–H groups in total. The topological polar surface area (TPSA) is 133 Å². The number of nitrogens with one attached hydrogen (secondary N) is 1. The number of allylic oxidation sites excluding steroid dienone is 3. The third-order valence-corrected chi connectivity index (χ3v) is 7.16. The van der Waals surface area contributed by atoms with Gasteiger partial charge in [0.25, 0.3) is 5.91 Å².